The molecule has 1 amide bonds. The monoisotopic (exact) mass is 237 g/mol. The molecule has 5 nitrogen and oxygen atoms in total. The van der Waals surface area contributed by atoms with Crippen LogP contribution in [0.15, 0.2) is 18.2 Å². The molecule has 5 heteroatoms. The first-order valence-corrected chi connectivity index (χ1v) is 5.65. The maximum atomic E-state index is 11.7. The van der Waals surface area contributed by atoms with Gasteiger partial charge in [-0.25, -0.2) is 0 Å². The van der Waals surface area contributed by atoms with Gasteiger partial charge in [0, 0.05) is 17.9 Å². The maximum Gasteiger partial charge on any atom is 0.253 e. The van der Waals surface area contributed by atoms with Gasteiger partial charge in [0.15, 0.2) is 0 Å². The maximum absolute atomic E-state index is 11.7. The van der Waals surface area contributed by atoms with Crippen LogP contribution in [0.1, 0.15) is 30.1 Å². The van der Waals surface area contributed by atoms with Crippen LogP contribution in [-0.4, -0.2) is 23.7 Å². The molecule has 0 aromatic heterocycles. The molecule has 0 bridgehead atoms. The number of rotatable bonds is 5. The molecular formula is C12H19N3O2. The Balaban J connectivity index is 2.52. The third-order valence-corrected chi connectivity index (χ3v) is 2.55. The third-order valence-electron chi connectivity index (χ3n) is 2.55. The lowest BCUT2D eigenvalue weighted by molar-refractivity contribution is 0.0943. The van der Waals surface area contributed by atoms with E-state index < -0.39 is 0 Å². The van der Waals surface area contributed by atoms with E-state index in [1.807, 2.05) is 6.92 Å². The molecule has 0 spiro atoms. The number of carbonyl (C=O) groups is 1. The van der Waals surface area contributed by atoms with Gasteiger partial charge < -0.3 is 21.9 Å². The molecule has 0 saturated heterocycles. The number of benzene rings is 1. The Morgan fingerprint density at radius 3 is 2.76 bits per heavy atom. The zero-order chi connectivity index (χ0) is 12.8. The smallest absolute Gasteiger partial charge is 0.253 e. The first kappa shape index (κ1) is 13.3. The predicted octanol–water partition coefficient (Wildman–Crippen LogP) is 0.742. The van der Waals surface area contributed by atoms with Gasteiger partial charge in [-0.05, 0) is 31.0 Å². The van der Waals surface area contributed by atoms with Crippen LogP contribution in [0.3, 0.4) is 0 Å². The van der Waals surface area contributed by atoms with Gasteiger partial charge in [0.25, 0.3) is 5.91 Å². The molecule has 1 atom stereocenters. The summed E-state index contributed by atoms with van der Waals surface area (Å²) in [5.74, 6) is -0.245. The van der Waals surface area contributed by atoms with Crippen molar-refractivity contribution in [2.45, 2.75) is 25.9 Å². The topological polar surface area (TPSA) is 101 Å². The quantitative estimate of drug-likeness (QED) is 0.567. The number of hydrogen-bond acceptors (Lipinski definition) is 4. The van der Waals surface area contributed by atoms with Crippen molar-refractivity contribution >= 4 is 17.3 Å². The molecule has 94 valence electrons. The molecule has 1 unspecified atom stereocenters. The molecule has 17 heavy (non-hydrogen) atoms. The lowest BCUT2D eigenvalue weighted by Gasteiger charge is -2.10. The van der Waals surface area contributed by atoms with Crippen molar-refractivity contribution in [3.05, 3.63) is 23.8 Å². The summed E-state index contributed by atoms with van der Waals surface area (Å²) in [6.45, 7) is 2.32. The Hall–Kier alpha value is -1.75. The molecule has 0 fully saturated rings. The van der Waals surface area contributed by atoms with E-state index in [-0.39, 0.29) is 12.0 Å². The number of carbonyl (C=O) groups excluding carboxylic acids is 1. The second-order valence-electron chi connectivity index (χ2n) is 3.95. The standard InChI is InChI=1S/C12H19N3O2/c1-2-9(16)5-6-15-12(17)10-4-3-8(13)7-11(10)14/h3-4,7,9,16H,2,5-6,13-14H2,1H3,(H,15,17). The van der Waals surface area contributed by atoms with Gasteiger partial charge in [-0.1, -0.05) is 6.92 Å². The molecular weight excluding hydrogens is 218 g/mol. The summed E-state index contributed by atoms with van der Waals surface area (Å²) in [4.78, 5) is 11.7. The van der Waals surface area contributed by atoms with Crippen molar-refractivity contribution in [1.82, 2.24) is 5.32 Å². The Labute approximate surface area is 101 Å². The highest BCUT2D eigenvalue weighted by atomic mass is 16.3. The minimum atomic E-state index is -0.376. The average molecular weight is 237 g/mol. The number of aliphatic hydroxyl groups is 1. The van der Waals surface area contributed by atoms with Crippen molar-refractivity contribution in [3.63, 3.8) is 0 Å². The number of amides is 1. The van der Waals surface area contributed by atoms with Crippen LogP contribution in [0.2, 0.25) is 0 Å². The predicted molar refractivity (Wildman–Crippen MR) is 68.5 cm³/mol. The molecule has 1 aromatic carbocycles. The summed E-state index contributed by atoms with van der Waals surface area (Å²) in [6, 6.07) is 4.78. The van der Waals surface area contributed by atoms with E-state index in [0.29, 0.717) is 36.3 Å². The van der Waals surface area contributed by atoms with E-state index in [0.717, 1.165) is 0 Å². The van der Waals surface area contributed by atoms with E-state index in [9.17, 15) is 9.90 Å². The van der Waals surface area contributed by atoms with Crippen molar-refractivity contribution in [1.29, 1.82) is 0 Å². The van der Waals surface area contributed by atoms with Crippen LogP contribution in [-0.2, 0) is 0 Å². The van der Waals surface area contributed by atoms with Crippen LogP contribution in [0.5, 0.6) is 0 Å². The first-order chi connectivity index (χ1) is 8.04. The summed E-state index contributed by atoms with van der Waals surface area (Å²) in [5.41, 5.74) is 12.5. The minimum Gasteiger partial charge on any atom is -0.399 e. The second kappa shape index (κ2) is 6.10. The molecule has 6 N–H and O–H groups in total. The van der Waals surface area contributed by atoms with Crippen molar-refractivity contribution in [2.75, 3.05) is 18.0 Å². The number of aliphatic hydroxyl groups excluding tert-OH is 1. The van der Waals surface area contributed by atoms with E-state index >= 15 is 0 Å². The molecule has 0 radical (unpaired) electrons. The second-order valence-corrected chi connectivity index (χ2v) is 3.95. The third kappa shape index (κ3) is 3.96. The van der Waals surface area contributed by atoms with Gasteiger partial charge in [0.1, 0.15) is 0 Å². The summed E-state index contributed by atoms with van der Waals surface area (Å²) < 4.78 is 0. The molecule has 0 saturated carbocycles. The Morgan fingerprint density at radius 1 is 1.47 bits per heavy atom. The van der Waals surface area contributed by atoms with E-state index in [1.54, 1.807) is 18.2 Å². The largest absolute Gasteiger partial charge is 0.399 e. The number of anilines is 2. The van der Waals surface area contributed by atoms with Crippen LogP contribution >= 0.6 is 0 Å². The highest BCUT2D eigenvalue weighted by Gasteiger charge is 2.09. The summed E-state index contributed by atoms with van der Waals surface area (Å²) >= 11 is 0. The lowest BCUT2D eigenvalue weighted by atomic mass is 10.1. The minimum absolute atomic E-state index is 0.245. The van der Waals surface area contributed by atoms with Gasteiger partial charge in [-0.2, -0.15) is 0 Å². The summed E-state index contributed by atoms with van der Waals surface area (Å²) in [5, 5.41) is 12.0. The van der Waals surface area contributed by atoms with Gasteiger partial charge in [-0.3, -0.25) is 4.79 Å². The van der Waals surface area contributed by atoms with E-state index in [2.05, 4.69) is 5.32 Å². The van der Waals surface area contributed by atoms with Gasteiger partial charge in [-0.15, -0.1) is 0 Å². The normalized spacial score (nSPS) is 12.1. The fourth-order valence-electron chi connectivity index (χ4n) is 1.44. The first-order valence-electron chi connectivity index (χ1n) is 5.65. The van der Waals surface area contributed by atoms with Crippen LogP contribution in [0, 0.1) is 0 Å². The zero-order valence-corrected chi connectivity index (χ0v) is 9.94. The van der Waals surface area contributed by atoms with Crippen LogP contribution in [0.4, 0.5) is 11.4 Å². The molecule has 0 heterocycles. The fraction of sp³-hybridized carbons (Fsp3) is 0.417. The lowest BCUT2D eigenvalue weighted by Crippen LogP contribution is -2.27. The van der Waals surface area contributed by atoms with Gasteiger partial charge in [0.05, 0.1) is 11.7 Å². The highest BCUT2D eigenvalue weighted by molar-refractivity contribution is 5.99. The molecule has 0 aliphatic carbocycles. The summed E-state index contributed by atoms with van der Waals surface area (Å²) in [7, 11) is 0. The Morgan fingerprint density at radius 2 is 2.18 bits per heavy atom. The molecule has 0 aliphatic rings. The number of nitrogens with two attached hydrogens (primary N) is 2. The van der Waals surface area contributed by atoms with Crippen molar-refractivity contribution < 1.29 is 9.90 Å². The van der Waals surface area contributed by atoms with E-state index in [1.165, 1.54) is 0 Å². The number of nitrogens with one attached hydrogen (secondary N) is 1. The van der Waals surface area contributed by atoms with Gasteiger partial charge >= 0.3 is 0 Å². The van der Waals surface area contributed by atoms with Gasteiger partial charge in [0.2, 0.25) is 0 Å². The van der Waals surface area contributed by atoms with Crippen molar-refractivity contribution in [3.8, 4) is 0 Å². The Kier molecular flexibility index (Phi) is 4.78. The van der Waals surface area contributed by atoms with Crippen molar-refractivity contribution in [2.24, 2.45) is 0 Å². The fourth-order valence-corrected chi connectivity index (χ4v) is 1.44. The highest BCUT2D eigenvalue weighted by Crippen LogP contribution is 2.15. The molecule has 0 aliphatic heterocycles. The number of hydrogen-bond donors (Lipinski definition) is 4. The Bertz CT molecular complexity index is 393. The SMILES string of the molecule is CCC(O)CCNC(=O)c1ccc(N)cc1N. The molecule has 1 rings (SSSR count). The van der Waals surface area contributed by atoms with Crippen LogP contribution in [0.25, 0.3) is 0 Å². The average Bonchev–Trinajstić information content (AvgIpc) is 2.28. The van der Waals surface area contributed by atoms with Crippen LogP contribution < -0.4 is 16.8 Å². The number of nitrogen functional groups attached to an aromatic ring is 2. The van der Waals surface area contributed by atoms with E-state index in [4.69, 9.17) is 11.5 Å². The zero-order valence-electron chi connectivity index (χ0n) is 9.94. The molecule has 1 aromatic rings. The summed E-state index contributed by atoms with van der Waals surface area (Å²) in [6.07, 6.45) is 0.843.